The van der Waals surface area contributed by atoms with E-state index < -0.39 is 0 Å². The summed E-state index contributed by atoms with van der Waals surface area (Å²) in [5.41, 5.74) is 10.3. The van der Waals surface area contributed by atoms with Crippen molar-refractivity contribution in [2.45, 2.75) is 0 Å². The standard InChI is InChI=1S/C59H37N7/c1-5-19-38(20-6-1)54-61-55(39-21-7-2-8-22-39)64-58(63-54)44-29-17-27-42(35-44)49-37-50-52(47-32-14-13-31-46(47)49)48-33-15-16-34-51(48)60-53(50)43-28-18-30-45(36-43)59-65-56(40-23-9-3-10-24-40)62-57(66-59)41-25-11-4-12-26-41/h1-37H. The lowest BCUT2D eigenvalue weighted by Gasteiger charge is -2.17. The van der Waals surface area contributed by atoms with Gasteiger partial charge in [0, 0.05) is 55.1 Å². The van der Waals surface area contributed by atoms with E-state index in [0.29, 0.717) is 34.9 Å². The fourth-order valence-electron chi connectivity index (χ4n) is 8.78. The molecule has 0 radical (unpaired) electrons. The Hall–Kier alpha value is -9.07. The molecule has 0 aliphatic rings. The van der Waals surface area contributed by atoms with Crippen molar-refractivity contribution >= 4 is 32.4 Å². The van der Waals surface area contributed by atoms with Gasteiger partial charge in [0.25, 0.3) is 0 Å². The van der Waals surface area contributed by atoms with Crippen LogP contribution in [0.3, 0.4) is 0 Å². The van der Waals surface area contributed by atoms with Gasteiger partial charge in [0.1, 0.15) is 0 Å². The molecule has 0 saturated heterocycles. The molecule has 7 heteroatoms. The number of para-hydroxylation sites is 1. The Morgan fingerprint density at radius 1 is 0.212 bits per heavy atom. The van der Waals surface area contributed by atoms with Crippen LogP contribution in [0, 0.1) is 0 Å². The van der Waals surface area contributed by atoms with Crippen molar-refractivity contribution in [3.8, 4) is 90.7 Å². The highest BCUT2D eigenvalue weighted by molar-refractivity contribution is 6.25. The number of fused-ring (bicyclic) bond motifs is 5. The van der Waals surface area contributed by atoms with Gasteiger partial charge >= 0.3 is 0 Å². The number of rotatable bonds is 8. The molecule has 3 heterocycles. The average molecular weight is 844 g/mol. The zero-order valence-corrected chi connectivity index (χ0v) is 35.5. The molecule has 0 unspecified atom stereocenters. The summed E-state index contributed by atoms with van der Waals surface area (Å²) in [5, 5.41) is 5.55. The quantitative estimate of drug-likeness (QED) is 0.141. The van der Waals surface area contributed by atoms with E-state index in [2.05, 4.69) is 103 Å². The van der Waals surface area contributed by atoms with E-state index in [-0.39, 0.29) is 0 Å². The van der Waals surface area contributed by atoms with Crippen LogP contribution < -0.4 is 0 Å². The highest BCUT2D eigenvalue weighted by atomic mass is 15.0. The monoisotopic (exact) mass is 843 g/mol. The average Bonchev–Trinajstić information content (AvgIpc) is 3.41. The van der Waals surface area contributed by atoms with E-state index in [1.807, 2.05) is 121 Å². The molecular weight excluding hydrogens is 807 g/mol. The highest BCUT2D eigenvalue weighted by Crippen LogP contribution is 2.43. The van der Waals surface area contributed by atoms with Gasteiger partial charge in [-0.05, 0) is 46.2 Å². The third-order valence-electron chi connectivity index (χ3n) is 11.9. The van der Waals surface area contributed by atoms with Crippen LogP contribution in [0.4, 0.5) is 0 Å². The van der Waals surface area contributed by atoms with E-state index in [0.717, 1.165) is 88.2 Å². The van der Waals surface area contributed by atoms with Gasteiger partial charge in [-0.2, -0.15) is 0 Å². The maximum atomic E-state index is 5.44. The van der Waals surface area contributed by atoms with Crippen molar-refractivity contribution in [3.63, 3.8) is 0 Å². The van der Waals surface area contributed by atoms with Gasteiger partial charge in [0.05, 0.1) is 11.2 Å². The molecule has 12 aromatic rings. The lowest BCUT2D eigenvalue weighted by molar-refractivity contribution is 1.07. The normalized spacial score (nSPS) is 11.3. The molecule has 308 valence electrons. The van der Waals surface area contributed by atoms with E-state index >= 15 is 0 Å². The minimum Gasteiger partial charge on any atom is -0.247 e. The third-order valence-corrected chi connectivity index (χ3v) is 11.9. The van der Waals surface area contributed by atoms with Crippen molar-refractivity contribution in [3.05, 3.63) is 224 Å². The Morgan fingerprint density at radius 3 is 1.05 bits per heavy atom. The van der Waals surface area contributed by atoms with Crippen molar-refractivity contribution in [1.82, 2.24) is 34.9 Å². The van der Waals surface area contributed by atoms with E-state index in [4.69, 9.17) is 34.9 Å². The Labute approximate surface area is 380 Å². The summed E-state index contributed by atoms with van der Waals surface area (Å²) in [4.78, 5) is 35.6. The van der Waals surface area contributed by atoms with Crippen molar-refractivity contribution < 1.29 is 0 Å². The maximum absolute atomic E-state index is 5.44. The van der Waals surface area contributed by atoms with Gasteiger partial charge in [-0.3, -0.25) is 0 Å². The molecular formula is C59H37N7. The van der Waals surface area contributed by atoms with E-state index in [1.165, 1.54) is 0 Å². The Kier molecular flexibility index (Phi) is 9.69. The molecule has 3 aromatic heterocycles. The number of hydrogen-bond acceptors (Lipinski definition) is 7. The molecule has 7 nitrogen and oxygen atoms in total. The topological polar surface area (TPSA) is 90.2 Å². The van der Waals surface area contributed by atoms with Crippen molar-refractivity contribution in [2.75, 3.05) is 0 Å². The molecule has 0 bridgehead atoms. The molecule has 0 atom stereocenters. The lowest BCUT2D eigenvalue weighted by Crippen LogP contribution is -2.00. The predicted molar refractivity (Wildman–Crippen MR) is 267 cm³/mol. The van der Waals surface area contributed by atoms with Crippen LogP contribution in [0.1, 0.15) is 0 Å². The van der Waals surface area contributed by atoms with Gasteiger partial charge in [-0.1, -0.05) is 200 Å². The molecule has 9 aromatic carbocycles. The second-order valence-corrected chi connectivity index (χ2v) is 16.1. The Bertz CT molecular complexity index is 3630. The van der Waals surface area contributed by atoms with Crippen LogP contribution in [-0.4, -0.2) is 34.9 Å². The summed E-state index contributed by atoms with van der Waals surface area (Å²) in [5.74, 6) is 3.65. The van der Waals surface area contributed by atoms with Gasteiger partial charge in [-0.15, -0.1) is 0 Å². The first-order valence-corrected chi connectivity index (χ1v) is 21.9. The van der Waals surface area contributed by atoms with Crippen LogP contribution in [-0.2, 0) is 0 Å². The van der Waals surface area contributed by atoms with Gasteiger partial charge in [0.15, 0.2) is 34.9 Å². The predicted octanol–water partition coefficient (Wildman–Crippen LogP) is 14.2. The minimum absolute atomic E-state index is 0.585. The van der Waals surface area contributed by atoms with E-state index in [9.17, 15) is 0 Å². The summed E-state index contributed by atoms with van der Waals surface area (Å²) in [6.45, 7) is 0. The molecule has 0 N–H and O–H groups in total. The fourth-order valence-corrected chi connectivity index (χ4v) is 8.78. The molecule has 12 rings (SSSR count). The smallest absolute Gasteiger partial charge is 0.164 e. The maximum Gasteiger partial charge on any atom is 0.164 e. The summed E-state index contributed by atoms with van der Waals surface area (Å²) in [7, 11) is 0. The minimum atomic E-state index is 0.585. The number of pyridine rings is 1. The van der Waals surface area contributed by atoms with Gasteiger partial charge in [-0.25, -0.2) is 34.9 Å². The second-order valence-electron chi connectivity index (χ2n) is 16.1. The Morgan fingerprint density at radius 2 is 0.561 bits per heavy atom. The molecule has 0 aliphatic heterocycles. The fraction of sp³-hybridized carbons (Fsp3) is 0. The van der Waals surface area contributed by atoms with Crippen molar-refractivity contribution in [1.29, 1.82) is 0 Å². The lowest BCUT2D eigenvalue weighted by atomic mass is 9.89. The SMILES string of the molecule is c1ccc(-c2nc(-c3ccccc3)nc(-c3cccc(-c4cc5c(-c6cccc(-c7nc(-c8ccccc8)nc(-c8ccccc8)n7)c6)nc6ccccc6c5c5ccccc45)c3)n2)cc1. The summed E-state index contributed by atoms with van der Waals surface area (Å²) in [6.07, 6.45) is 0. The molecule has 0 fully saturated rings. The largest absolute Gasteiger partial charge is 0.247 e. The van der Waals surface area contributed by atoms with Gasteiger partial charge in [0.2, 0.25) is 0 Å². The third kappa shape index (κ3) is 7.20. The first kappa shape index (κ1) is 38.6. The van der Waals surface area contributed by atoms with E-state index in [1.54, 1.807) is 0 Å². The summed E-state index contributed by atoms with van der Waals surface area (Å²) < 4.78 is 0. The van der Waals surface area contributed by atoms with Crippen LogP contribution in [0.15, 0.2) is 224 Å². The summed E-state index contributed by atoms with van der Waals surface area (Å²) >= 11 is 0. The van der Waals surface area contributed by atoms with Crippen LogP contribution >= 0.6 is 0 Å². The molecule has 0 spiro atoms. The van der Waals surface area contributed by atoms with Crippen LogP contribution in [0.2, 0.25) is 0 Å². The number of aromatic nitrogens is 7. The molecule has 0 saturated carbocycles. The number of benzene rings is 9. The first-order valence-electron chi connectivity index (χ1n) is 21.9. The summed E-state index contributed by atoms with van der Waals surface area (Å²) in [6, 6.07) is 76.6. The second kappa shape index (κ2) is 16.6. The molecule has 0 aliphatic carbocycles. The zero-order valence-electron chi connectivity index (χ0n) is 35.5. The molecule has 66 heavy (non-hydrogen) atoms. The number of hydrogen-bond donors (Lipinski definition) is 0. The molecule has 0 amide bonds. The first-order chi connectivity index (χ1) is 32.7. The van der Waals surface area contributed by atoms with Crippen LogP contribution in [0.5, 0.6) is 0 Å². The number of nitrogens with zero attached hydrogens (tertiary/aromatic N) is 7. The van der Waals surface area contributed by atoms with Crippen molar-refractivity contribution in [2.24, 2.45) is 0 Å². The Balaban J connectivity index is 1.05. The highest BCUT2D eigenvalue weighted by Gasteiger charge is 2.20. The van der Waals surface area contributed by atoms with Gasteiger partial charge < -0.3 is 0 Å². The zero-order chi connectivity index (χ0) is 43.8. The van der Waals surface area contributed by atoms with Crippen LogP contribution in [0.25, 0.3) is 123 Å².